The van der Waals surface area contributed by atoms with Gasteiger partial charge in [0, 0.05) is 12.6 Å². The van der Waals surface area contributed by atoms with Crippen LogP contribution < -0.4 is 5.73 Å². The molecule has 1 atom stereocenters. The van der Waals surface area contributed by atoms with Crippen LogP contribution >= 0.6 is 15.9 Å². The van der Waals surface area contributed by atoms with Crippen LogP contribution in [0.1, 0.15) is 17.4 Å². The van der Waals surface area contributed by atoms with E-state index in [4.69, 9.17) is 10.2 Å². The average molecular weight is 257 g/mol. The Morgan fingerprint density at radius 1 is 1.64 bits per heavy atom. The van der Waals surface area contributed by atoms with Gasteiger partial charge in [0.1, 0.15) is 6.33 Å². The zero-order chi connectivity index (χ0) is 10.1. The third-order valence-corrected chi connectivity index (χ3v) is 2.39. The van der Waals surface area contributed by atoms with Crippen LogP contribution in [-0.2, 0) is 7.05 Å². The molecule has 0 radical (unpaired) electrons. The summed E-state index contributed by atoms with van der Waals surface area (Å²) in [5, 5.41) is 7.70. The molecule has 2 aromatic rings. The number of aryl methyl sites for hydroxylation is 1. The van der Waals surface area contributed by atoms with Crippen LogP contribution in [0, 0.1) is 0 Å². The quantitative estimate of drug-likeness (QED) is 0.878. The van der Waals surface area contributed by atoms with Crippen molar-refractivity contribution in [1.29, 1.82) is 0 Å². The van der Waals surface area contributed by atoms with Crippen LogP contribution in [0.15, 0.2) is 27.7 Å². The number of rotatable bonds is 2. The number of halogens is 1. The average Bonchev–Trinajstić information content (AvgIpc) is 2.73. The lowest BCUT2D eigenvalue weighted by atomic mass is 10.1. The van der Waals surface area contributed by atoms with Gasteiger partial charge in [-0.25, -0.2) is 0 Å². The van der Waals surface area contributed by atoms with Gasteiger partial charge in [-0.1, -0.05) is 0 Å². The second-order valence-electron chi connectivity index (χ2n) is 2.96. The molecular formula is C8H9BrN4O. The van der Waals surface area contributed by atoms with E-state index in [0.717, 1.165) is 5.56 Å². The van der Waals surface area contributed by atoms with E-state index in [1.54, 1.807) is 17.2 Å². The zero-order valence-corrected chi connectivity index (χ0v) is 9.10. The molecule has 0 aromatic carbocycles. The molecule has 0 bridgehead atoms. The second-order valence-corrected chi connectivity index (χ2v) is 3.74. The van der Waals surface area contributed by atoms with Crippen LogP contribution in [-0.4, -0.2) is 14.8 Å². The maximum absolute atomic E-state index is 5.97. The predicted molar refractivity (Wildman–Crippen MR) is 53.4 cm³/mol. The zero-order valence-electron chi connectivity index (χ0n) is 7.51. The van der Waals surface area contributed by atoms with Crippen molar-refractivity contribution in [2.24, 2.45) is 12.8 Å². The molecule has 0 aliphatic rings. The van der Waals surface area contributed by atoms with Gasteiger partial charge in [-0.05, 0) is 22.0 Å². The fourth-order valence-electron chi connectivity index (χ4n) is 1.21. The second kappa shape index (κ2) is 3.55. The van der Waals surface area contributed by atoms with Crippen LogP contribution in [0.25, 0.3) is 0 Å². The summed E-state index contributed by atoms with van der Waals surface area (Å²) in [6.45, 7) is 0. The number of hydrogen-bond acceptors (Lipinski definition) is 4. The van der Waals surface area contributed by atoms with Crippen molar-refractivity contribution in [2.45, 2.75) is 6.04 Å². The van der Waals surface area contributed by atoms with E-state index >= 15 is 0 Å². The van der Waals surface area contributed by atoms with Crippen LogP contribution in [0.3, 0.4) is 0 Å². The Morgan fingerprint density at radius 3 is 2.93 bits per heavy atom. The summed E-state index contributed by atoms with van der Waals surface area (Å²) >= 11 is 3.22. The summed E-state index contributed by atoms with van der Waals surface area (Å²) in [7, 11) is 1.85. The number of furan rings is 1. The molecule has 2 aromatic heterocycles. The van der Waals surface area contributed by atoms with Crippen molar-refractivity contribution in [3.8, 4) is 0 Å². The molecule has 0 aliphatic carbocycles. The number of nitrogens with two attached hydrogens (primary N) is 1. The Morgan fingerprint density at radius 2 is 2.43 bits per heavy atom. The molecule has 0 fully saturated rings. The SMILES string of the molecule is Cn1cnnc1C(N)c1coc(Br)c1. The largest absolute Gasteiger partial charge is 0.457 e. The Balaban J connectivity index is 2.33. The summed E-state index contributed by atoms with van der Waals surface area (Å²) in [4.78, 5) is 0. The van der Waals surface area contributed by atoms with Gasteiger partial charge in [0.15, 0.2) is 10.5 Å². The first kappa shape index (κ1) is 9.42. The molecule has 2 rings (SSSR count). The Kier molecular flexibility index (Phi) is 2.39. The number of aromatic nitrogens is 3. The van der Waals surface area contributed by atoms with Crippen molar-refractivity contribution in [2.75, 3.05) is 0 Å². The summed E-state index contributed by atoms with van der Waals surface area (Å²) in [5.74, 6) is 0.707. The van der Waals surface area contributed by atoms with Gasteiger partial charge < -0.3 is 14.7 Å². The maximum atomic E-state index is 5.97. The lowest BCUT2D eigenvalue weighted by Gasteiger charge is -2.06. The van der Waals surface area contributed by atoms with E-state index in [1.807, 2.05) is 13.1 Å². The number of nitrogens with zero attached hydrogens (tertiary/aromatic N) is 3. The van der Waals surface area contributed by atoms with Crippen molar-refractivity contribution >= 4 is 15.9 Å². The summed E-state index contributed by atoms with van der Waals surface area (Å²) < 4.78 is 7.54. The summed E-state index contributed by atoms with van der Waals surface area (Å²) in [6, 6.07) is 1.51. The third kappa shape index (κ3) is 1.58. The van der Waals surface area contributed by atoms with Crippen molar-refractivity contribution in [1.82, 2.24) is 14.8 Å². The standard InChI is InChI=1S/C8H9BrN4O/c1-13-4-11-12-8(13)7(10)5-2-6(9)14-3-5/h2-4,7H,10H2,1H3. The fraction of sp³-hybridized carbons (Fsp3) is 0.250. The minimum atomic E-state index is -0.308. The van der Waals surface area contributed by atoms with Gasteiger partial charge in [0.05, 0.1) is 12.3 Å². The highest BCUT2D eigenvalue weighted by Crippen LogP contribution is 2.22. The first-order valence-electron chi connectivity index (χ1n) is 4.02. The summed E-state index contributed by atoms with van der Waals surface area (Å²) in [6.07, 6.45) is 3.22. The number of hydrogen-bond donors (Lipinski definition) is 1. The van der Waals surface area contributed by atoms with Gasteiger partial charge in [-0.15, -0.1) is 10.2 Å². The van der Waals surface area contributed by atoms with Crippen LogP contribution in [0.5, 0.6) is 0 Å². The van der Waals surface area contributed by atoms with E-state index in [-0.39, 0.29) is 6.04 Å². The van der Waals surface area contributed by atoms with Crippen molar-refractivity contribution in [3.63, 3.8) is 0 Å². The Hall–Kier alpha value is -1.14. The first-order chi connectivity index (χ1) is 6.68. The lowest BCUT2D eigenvalue weighted by Crippen LogP contribution is -2.15. The highest BCUT2D eigenvalue weighted by molar-refractivity contribution is 9.10. The maximum Gasteiger partial charge on any atom is 0.169 e. The van der Waals surface area contributed by atoms with E-state index in [9.17, 15) is 0 Å². The smallest absolute Gasteiger partial charge is 0.169 e. The van der Waals surface area contributed by atoms with E-state index in [1.165, 1.54) is 0 Å². The molecule has 5 nitrogen and oxygen atoms in total. The molecule has 0 saturated heterocycles. The van der Waals surface area contributed by atoms with E-state index < -0.39 is 0 Å². The van der Waals surface area contributed by atoms with E-state index in [0.29, 0.717) is 10.5 Å². The molecule has 2 N–H and O–H groups in total. The molecule has 74 valence electrons. The van der Waals surface area contributed by atoms with Gasteiger partial charge >= 0.3 is 0 Å². The van der Waals surface area contributed by atoms with Crippen LogP contribution in [0.4, 0.5) is 0 Å². The van der Waals surface area contributed by atoms with Gasteiger partial charge in [-0.2, -0.15) is 0 Å². The molecule has 0 aliphatic heterocycles. The topological polar surface area (TPSA) is 69.9 Å². The molecule has 0 spiro atoms. The molecule has 2 heterocycles. The Labute approximate surface area is 89.0 Å². The third-order valence-electron chi connectivity index (χ3n) is 1.97. The minimum Gasteiger partial charge on any atom is -0.457 e. The monoisotopic (exact) mass is 256 g/mol. The molecule has 0 saturated carbocycles. The predicted octanol–water partition coefficient (Wildman–Crippen LogP) is 1.22. The molecular weight excluding hydrogens is 248 g/mol. The minimum absolute atomic E-state index is 0.308. The van der Waals surface area contributed by atoms with Gasteiger partial charge in [-0.3, -0.25) is 0 Å². The first-order valence-corrected chi connectivity index (χ1v) is 4.81. The highest BCUT2D eigenvalue weighted by atomic mass is 79.9. The summed E-state index contributed by atoms with van der Waals surface area (Å²) in [5.41, 5.74) is 6.84. The molecule has 14 heavy (non-hydrogen) atoms. The lowest BCUT2D eigenvalue weighted by molar-refractivity contribution is 0.536. The molecule has 1 unspecified atom stereocenters. The highest BCUT2D eigenvalue weighted by Gasteiger charge is 2.16. The van der Waals surface area contributed by atoms with Crippen molar-refractivity contribution < 1.29 is 4.42 Å². The van der Waals surface area contributed by atoms with Crippen molar-refractivity contribution in [3.05, 3.63) is 34.7 Å². The van der Waals surface area contributed by atoms with Gasteiger partial charge in [0.25, 0.3) is 0 Å². The molecule has 0 amide bonds. The fourth-order valence-corrected chi connectivity index (χ4v) is 1.57. The molecule has 6 heteroatoms. The van der Waals surface area contributed by atoms with E-state index in [2.05, 4.69) is 26.1 Å². The van der Waals surface area contributed by atoms with Crippen LogP contribution in [0.2, 0.25) is 0 Å². The Bertz CT molecular complexity index is 436. The normalized spacial score (nSPS) is 13.1. The van der Waals surface area contributed by atoms with Gasteiger partial charge in [0.2, 0.25) is 0 Å².